The van der Waals surface area contributed by atoms with E-state index in [2.05, 4.69) is 5.10 Å². The van der Waals surface area contributed by atoms with Crippen molar-refractivity contribution in [1.29, 1.82) is 0 Å². The molecule has 0 bridgehead atoms. The molecule has 118 valence electrons. The van der Waals surface area contributed by atoms with Gasteiger partial charge in [0.2, 0.25) is 5.88 Å². The molecule has 0 aliphatic rings. The highest BCUT2D eigenvalue weighted by molar-refractivity contribution is 5.91. The highest BCUT2D eigenvalue weighted by atomic mass is 19.1. The molecule has 0 unspecified atom stereocenters. The number of nitrogens with zero attached hydrogens (tertiary/aromatic N) is 2. The summed E-state index contributed by atoms with van der Waals surface area (Å²) in [5.41, 5.74) is 1.04. The summed E-state index contributed by atoms with van der Waals surface area (Å²) in [7, 11) is 0. The lowest BCUT2D eigenvalue weighted by Gasteiger charge is -2.12. The number of hydrogen-bond donors (Lipinski definition) is 1. The number of esters is 1. The summed E-state index contributed by atoms with van der Waals surface area (Å²) in [4.78, 5) is 12.7. The molecule has 1 N–H and O–H groups in total. The van der Waals surface area contributed by atoms with Crippen LogP contribution in [0.4, 0.5) is 4.39 Å². The van der Waals surface area contributed by atoms with Gasteiger partial charge >= 0.3 is 5.97 Å². The molecule has 0 saturated heterocycles. The maximum Gasteiger partial charge on any atom is 0.338 e. The number of carbonyl (C=O) groups excluding carboxylic acids is 1. The fourth-order valence-electron chi connectivity index (χ4n) is 1.92. The molecule has 0 amide bonds. The summed E-state index contributed by atoms with van der Waals surface area (Å²) in [5.74, 6) is -0.340. The quantitative estimate of drug-likeness (QED) is 0.629. The van der Waals surface area contributed by atoms with Crippen LogP contribution in [0.25, 0.3) is 0 Å². The van der Waals surface area contributed by atoms with Gasteiger partial charge in [-0.25, -0.2) is 9.18 Å². The minimum Gasteiger partial charge on any atom is -0.472 e. The molecule has 1 aromatic heterocycles. The summed E-state index contributed by atoms with van der Waals surface area (Å²) in [5, 5.41) is 12.7. The van der Waals surface area contributed by atoms with Crippen molar-refractivity contribution in [3.8, 4) is 5.88 Å². The highest BCUT2D eigenvalue weighted by Crippen LogP contribution is 2.20. The van der Waals surface area contributed by atoms with E-state index < -0.39 is 12.6 Å². The first-order chi connectivity index (χ1) is 10.7. The fourth-order valence-corrected chi connectivity index (χ4v) is 1.92. The molecule has 1 heterocycles. The molecule has 2 rings (SSSR count). The van der Waals surface area contributed by atoms with Gasteiger partial charge in [0, 0.05) is 11.6 Å². The van der Waals surface area contributed by atoms with Gasteiger partial charge < -0.3 is 14.7 Å². The zero-order chi connectivity index (χ0) is 15.9. The van der Waals surface area contributed by atoms with Gasteiger partial charge in [0.15, 0.2) is 0 Å². The van der Waals surface area contributed by atoms with Crippen molar-refractivity contribution in [2.24, 2.45) is 0 Å². The van der Waals surface area contributed by atoms with Crippen LogP contribution in [0.15, 0.2) is 30.5 Å². The largest absolute Gasteiger partial charge is 0.472 e. The number of carbonyl (C=O) groups is 1. The molecule has 0 aliphatic heterocycles. The Labute approximate surface area is 127 Å². The SMILES string of the molecule is CCCOC(=O)c1cccc(CF)c1COc1ccn(O)n1. The van der Waals surface area contributed by atoms with Crippen LogP contribution in [0.5, 0.6) is 5.88 Å². The average Bonchev–Trinajstić information content (AvgIpc) is 2.95. The Kier molecular flexibility index (Phi) is 5.35. The van der Waals surface area contributed by atoms with Crippen molar-refractivity contribution in [3.63, 3.8) is 0 Å². The van der Waals surface area contributed by atoms with E-state index in [1.807, 2.05) is 6.92 Å². The van der Waals surface area contributed by atoms with Crippen molar-refractivity contribution in [1.82, 2.24) is 9.94 Å². The minimum absolute atomic E-state index is 0.0480. The van der Waals surface area contributed by atoms with E-state index in [0.29, 0.717) is 29.0 Å². The third-order valence-electron chi connectivity index (χ3n) is 2.99. The van der Waals surface area contributed by atoms with Gasteiger partial charge in [-0.1, -0.05) is 24.2 Å². The van der Waals surface area contributed by atoms with Gasteiger partial charge in [-0.2, -0.15) is 0 Å². The van der Waals surface area contributed by atoms with Gasteiger partial charge in [-0.3, -0.25) is 0 Å². The lowest BCUT2D eigenvalue weighted by molar-refractivity contribution is 0.0501. The van der Waals surface area contributed by atoms with Crippen LogP contribution in [-0.2, 0) is 18.0 Å². The van der Waals surface area contributed by atoms with Crippen molar-refractivity contribution in [2.45, 2.75) is 26.6 Å². The molecule has 2 aromatic rings. The smallest absolute Gasteiger partial charge is 0.338 e. The zero-order valence-corrected chi connectivity index (χ0v) is 12.2. The second kappa shape index (κ2) is 7.44. The van der Waals surface area contributed by atoms with E-state index in [1.165, 1.54) is 12.3 Å². The van der Waals surface area contributed by atoms with E-state index in [1.54, 1.807) is 18.2 Å². The van der Waals surface area contributed by atoms with Crippen molar-refractivity contribution < 1.29 is 23.9 Å². The van der Waals surface area contributed by atoms with Crippen LogP contribution in [0.3, 0.4) is 0 Å². The molecule has 0 spiro atoms. The van der Waals surface area contributed by atoms with E-state index >= 15 is 0 Å². The number of benzene rings is 1. The van der Waals surface area contributed by atoms with Crippen LogP contribution in [0.1, 0.15) is 34.8 Å². The minimum atomic E-state index is -0.720. The third-order valence-corrected chi connectivity index (χ3v) is 2.99. The standard InChI is InChI=1S/C15H17FN2O4/c1-2-8-21-15(19)12-5-3-4-11(9-16)13(12)10-22-14-6-7-18(20)17-14/h3-7,20H,2,8-10H2,1H3. The molecular formula is C15H17FN2O4. The van der Waals surface area contributed by atoms with Crippen LogP contribution in [-0.4, -0.2) is 27.7 Å². The molecule has 0 saturated carbocycles. The number of ether oxygens (including phenoxy) is 2. The van der Waals surface area contributed by atoms with Gasteiger partial charge in [-0.15, -0.1) is 4.85 Å². The van der Waals surface area contributed by atoms with E-state index in [0.717, 1.165) is 0 Å². The summed E-state index contributed by atoms with van der Waals surface area (Å²) in [6.07, 6.45) is 2.00. The first-order valence-electron chi connectivity index (χ1n) is 6.87. The Morgan fingerprint density at radius 1 is 1.41 bits per heavy atom. The van der Waals surface area contributed by atoms with Gasteiger partial charge in [0.25, 0.3) is 0 Å². The van der Waals surface area contributed by atoms with E-state index in [4.69, 9.17) is 14.7 Å². The predicted molar refractivity (Wildman–Crippen MR) is 75.6 cm³/mol. The monoisotopic (exact) mass is 308 g/mol. The van der Waals surface area contributed by atoms with Gasteiger partial charge in [-0.05, 0) is 18.1 Å². The van der Waals surface area contributed by atoms with Gasteiger partial charge in [0.1, 0.15) is 13.3 Å². The van der Waals surface area contributed by atoms with Crippen molar-refractivity contribution in [3.05, 3.63) is 47.2 Å². The highest BCUT2D eigenvalue weighted by Gasteiger charge is 2.17. The molecule has 0 aliphatic carbocycles. The Morgan fingerprint density at radius 2 is 2.23 bits per heavy atom. The normalized spacial score (nSPS) is 10.5. The Morgan fingerprint density at radius 3 is 2.86 bits per heavy atom. The van der Waals surface area contributed by atoms with Crippen LogP contribution >= 0.6 is 0 Å². The van der Waals surface area contributed by atoms with Crippen molar-refractivity contribution >= 4 is 5.97 Å². The number of halogens is 1. The Balaban J connectivity index is 2.20. The number of rotatable bonds is 7. The average molecular weight is 308 g/mol. The maximum atomic E-state index is 13.1. The third kappa shape index (κ3) is 3.75. The molecule has 1 aromatic carbocycles. The number of aromatic nitrogens is 2. The topological polar surface area (TPSA) is 73.6 Å². The summed E-state index contributed by atoms with van der Waals surface area (Å²) in [6, 6.07) is 6.21. The molecule has 6 nitrogen and oxygen atoms in total. The van der Waals surface area contributed by atoms with E-state index in [9.17, 15) is 9.18 Å². The zero-order valence-electron chi connectivity index (χ0n) is 12.2. The number of hydrogen-bond acceptors (Lipinski definition) is 5. The second-order valence-corrected chi connectivity index (χ2v) is 4.58. The Bertz CT molecular complexity index is 642. The lowest BCUT2D eigenvalue weighted by atomic mass is 10.0. The first-order valence-corrected chi connectivity index (χ1v) is 6.87. The van der Waals surface area contributed by atoms with Crippen molar-refractivity contribution in [2.75, 3.05) is 6.61 Å². The first kappa shape index (κ1) is 15.8. The summed E-state index contributed by atoms with van der Waals surface area (Å²) < 4.78 is 23.6. The van der Waals surface area contributed by atoms with Crippen LogP contribution < -0.4 is 4.74 Å². The lowest BCUT2D eigenvalue weighted by Crippen LogP contribution is -2.12. The van der Waals surface area contributed by atoms with E-state index in [-0.39, 0.29) is 18.1 Å². The molecule has 7 heteroatoms. The second-order valence-electron chi connectivity index (χ2n) is 4.58. The molecule has 0 radical (unpaired) electrons. The summed E-state index contributed by atoms with van der Waals surface area (Å²) in [6.45, 7) is 1.42. The molecule has 0 atom stereocenters. The van der Waals surface area contributed by atoms with Crippen LogP contribution in [0, 0.1) is 0 Å². The van der Waals surface area contributed by atoms with Gasteiger partial charge in [0.05, 0.1) is 18.4 Å². The molecular weight excluding hydrogens is 291 g/mol. The number of alkyl halides is 1. The molecule has 22 heavy (non-hydrogen) atoms. The summed E-state index contributed by atoms with van der Waals surface area (Å²) >= 11 is 0. The van der Waals surface area contributed by atoms with Crippen LogP contribution in [0.2, 0.25) is 0 Å². The Hall–Kier alpha value is -2.57. The maximum absolute atomic E-state index is 13.1. The predicted octanol–water partition coefficient (Wildman–Crippen LogP) is 2.74. The molecule has 0 fully saturated rings. The fraction of sp³-hybridized carbons (Fsp3) is 0.333.